The maximum Gasteiger partial charge on any atom is 1.00 e. The first-order valence-corrected chi connectivity index (χ1v) is 4.33. The fraction of sp³-hybridized carbons (Fsp3) is 0.143. The number of hydrogen-bond donors (Lipinski definition) is 0. The van der Waals surface area contributed by atoms with Gasteiger partial charge >= 0.3 is 58.4 Å². The first kappa shape index (κ1) is 15.1. The molecule has 0 radical (unpaired) electrons. The van der Waals surface area contributed by atoms with E-state index in [4.69, 9.17) is 0 Å². The van der Waals surface area contributed by atoms with Gasteiger partial charge in [0.25, 0.3) is 0 Å². The molecule has 0 saturated heterocycles. The summed E-state index contributed by atoms with van der Waals surface area (Å²) < 4.78 is 48.5. The zero-order valence-electron chi connectivity index (χ0n) is 7.41. The molecular weight excluding hydrogens is 290 g/mol. The third-order valence-electron chi connectivity index (χ3n) is 1.47. The van der Waals surface area contributed by atoms with Crippen molar-refractivity contribution in [2.75, 3.05) is 0 Å². The molecule has 0 amide bonds. The smallest absolute Gasteiger partial charge is 0.449 e. The standard InChI is InChI=1S/C7H5BBrF4.K/c9-7-3-6(10)2-1-5(7)4-8(11,12)13;/h1-3H,4H2;/q-1;+1. The molecule has 0 aliphatic carbocycles. The van der Waals surface area contributed by atoms with Gasteiger partial charge in [0.05, 0.1) is 0 Å². The molecule has 72 valence electrons. The van der Waals surface area contributed by atoms with E-state index in [0.29, 0.717) is 0 Å². The van der Waals surface area contributed by atoms with Crippen molar-refractivity contribution in [2.45, 2.75) is 6.32 Å². The summed E-state index contributed by atoms with van der Waals surface area (Å²) in [5.74, 6) is -0.551. The summed E-state index contributed by atoms with van der Waals surface area (Å²) in [6.07, 6.45) is -0.985. The Kier molecular flexibility index (Phi) is 6.49. The molecule has 14 heavy (non-hydrogen) atoms. The van der Waals surface area contributed by atoms with Crippen molar-refractivity contribution in [3.63, 3.8) is 0 Å². The fourth-order valence-electron chi connectivity index (χ4n) is 0.937. The van der Waals surface area contributed by atoms with E-state index in [2.05, 4.69) is 15.9 Å². The Bertz CT molecular complexity index is 315. The zero-order valence-corrected chi connectivity index (χ0v) is 12.1. The minimum Gasteiger partial charge on any atom is -0.449 e. The maximum atomic E-state index is 12.5. The SMILES string of the molecule is Fc1ccc(C[B-](F)(F)F)c(Br)c1.[K+]. The van der Waals surface area contributed by atoms with Gasteiger partial charge in [-0.15, -0.1) is 0 Å². The predicted molar refractivity (Wildman–Crippen MR) is 46.9 cm³/mol. The van der Waals surface area contributed by atoms with Gasteiger partial charge in [-0.05, 0) is 12.1 Å². The van der Waals surface area contributed by atoms with Crippen LogP contribution in [0.5, 0.6) is 0 Å². The van der Waals surface area contributed by atoms with Gasteiger partial charge < -0.3 is 12.9 Å². The third-order valence-corrected chi connectivity index (χ3v) is 2.20. The van der Waals surface area contributed by atoms with Crippen molar-refractivity contribution in [2.24, 2.45) is 0 Å². The number of benzene rings is 1. The van der Waals surface area contributed by atoms with Crippen LogP contribution < -0.4 is 51.4 Å². The van der Waals surface area contributed by atoms with Crippen LogP contribution in [0.25, 0.3) is 0 Å². The van der Waals surface area contributed by atoms with Gasteiger partial charge in [0, 0.05) is 4.47 Å². The van der Waals surface area contributed by atoms with Gasteiger partial charge in [0.1, 0.15) is 5.82 Å². The van der Waals surface area contributed by atoms with Gasteiger partial charge in [0.15, 0.2) is 0 Å². The van der Waals surface area contributed by atoms with E-state index < -0.39 is 19.1 Å². The average Bonchev–Trinajstić information content (AvgIpc) is 1.93. The fourth-order valence-corrected chi connectivity index (χ4v) is 1.45. The van der Waals surface area contributed by atoms with Crippen LogP contribution in [-0.2, 0) is 6.32 Å². The average molecular weight is 295 g/mol. The second-order valence-electron chi connectivity index (χ2n) is 2.65. The number of halogens is 5. The molecule has 1 rings (SSSR count). The van der Waals surface area contributed by atoms with Crippen molar-refractivity contribution in [1.29, 1.82) is 0 Å². The Morgan fingerprint density at radius 3 is 2.21 bits per heavy atom. The van der Waals surface area contributed by atoms with Crippen LogP contribution in [0.2, 0.25) is 0 Å². The van der Waals surface area contributed by atoms with Gasteiger partial charge in [-0.2, -0.15) is 0 Å². The van der Waals surface area contributed by atoms with E-state index >= 15 is 0 Å². The molecule has 0 aliphatic heterocycles. The van der Waals surface area contributed by atoms with Gasteiger partial charge in [-0.3, -0.25) is 0 Å². The molecule has 0 saturated carbocycles. The van der Waals surface area contributed by atoms with Crippen LogP contribution in [0, 0.1) is 5.82 Å². The molecule has 7 heteroatoms. The van der Waals surface area contributed by atoms with Crippen molar-refractivity contribution in [3.05, 3.63) is 34.1 Å². The Balaban J connectivity index is 0.00000169. The summed E-state index contributed by atoms with van der Waals surface area (Å²) >= 11 is 2.87. The summed E-state index contributed by atoms with van der Waals surface area (Å²) in [7, 11) is 0. The Hall–Kier alpha value is 1.12. The van der Waals surface area contributed by atoms with E-state index in [-0.39, 0.29) is 61.4 Å². The molecule has 0 spiro atoms. The molecule has 0 bridgehead atoms. The Labute approximate surface area is 130 Å². The van der Waals surface area contributed by atoms with E-state index in [1.807, 2.05) is 0 Å². The quantitative estimate of drug-likeness (QED) is 0.551. The molecule has 1 aromatic carbocycles. The number of rotatable bonds is 2. The Morgan fingerprint density at radius 1 is 1.21 bits per heavy atom. The summed E-state index contributed by atoms with van der Waals surface area (Å²) in [6.45, 7) is -4.86. The van der Waals surface area contributed by atoms with Crippen molar-refractivity contribution < 1.29 is 68.7 Å². The van der Waals surface area contributed by atoms with E-state index in [1.165, 1.54) is 0 Å². The molecule has 1 aromatic rings. The summed E-state index contributed by atoms with van der Waals surface area (Å²) in [5.41, 5.74) is 0.0638. The van der Waals surface area contributed by atoms with Crippen LogP contribution in [0.3, 0.4) is 0 Å². The molecule has 0 N–H and O–H groups in total. The molecule has 0 heterocycles. The first-order valence-electron chi connectivity index (χ1n) is 3.53. The van der Waals surface area contributed by atoms with Crippen molar-refractivity contribution in [1.82, 2.24) is 0 Å². The third kappa shape index (κ3) is 5.27. The molecule has 0 aliphatic rings. The van der Waals surface area contributed by atoms with Crippen molar-refractivity contribution in [3.8, 4) is 0 Å². The largest absolute Gasteiger partial charge is 1.00 e. The molecule has 0 fully saturated rings. The zero-order chi connectivity index (χ0) is 10.1. The topological polar surface area (TPSA) is 0 Å². The molecule has 0 atom stereocenters. The summed E-state index contributed by atoms with van der Waals surface area (Å²) in [6, 6.07) is 3.17. The predicted octanol–water partition coefficient (Wildman–Crippen LogP) is 0.521. The Morgan fingerprint density at radius 2 is 1.79 bits per heavy atom. The molecule has 0 nitrogen and oxygen atoms in total. The van der Waals surface area contributed by atoms with Crippen LogP contribution in [-0.4, -0.2) is 6.98 Å². The molecule has 0 unspecified atom stereocenters. The number of hydrogen-bond acceptors (Lipinski definition) is 0. The van der Waals surface area contributed by atoms with Crippen LogP contribution in [0.1, 0.15) is 5.56 Å². The first-order chi connectivity index (χ1) is 5.88. The van der Waals surface area contributed by atoms with Gasteiger partial charge in [-0.1, -0.05) is 33.9 Å². The normalized spacial score (nSPS) is 10.9. The molecular formula is C7H5BBrF4K. The van der Waals surface area contributed by atoms with Crippen molar-refractivity contribution >= 4 is 22.9 Å². The van der Waals surface area contributed by atoms with Gasteiger partial charge in [-0.25, -0.2) is 4.39 Å². The second kappa shape index (κ2) is 6.01. The molecule has 0 aromatic heterocycles. The van der Waals surface area contributed by atoms with Crippen LogP contribution >= 0.6 is 15.9 Å². The monoisotopic (exact) mass is 294 g/mol. The van der Waals surface area contributed by atoms with Crippen LogP contribution in [0.15, 0.2) is 22.7 Å². The summed E-state index contributed by atoms with van der Waals surface area (Å²) in [5, 5.41) is 0. The summed E-state index contributed by atoms with van der Waals surface area (Å²) in [4.78, 5) is 0. The second-order valence-corrected chi connectivity index (χ2v) is 3.50. The van der Waals surface area contributed by atoms with E-state index in [9.17, 15) is 17.3 Å². The van der Waals surface area contributed by atoms with Crippen LogP contribution in [0.4, 0.5) is 17.3 Å². The van der Waals surface area contributed by atoms with E-state index in [0.717, 1.165) is 18.2 Å². The minimum absolute atomic E-state index is 0. The minimum atomic E-state index is -4.86. The van der Waals surface area contributed by atoms with Gasteiger partial charge in [0.2, 0.25) is 0 Å². The maximum absolute atomic E-state index is 12.5. The van der Waals surface area contributed by atoms with E-state index in [1.54, 1.807) is 0 Å².